The first kappa shape index (κ1) is 15.0. The van der Waals surface area contributed by atoms with Crippen molar-refractivity contribution in [3.05, 3.63) is 29.8 Å². The molecule has 2 heterocycles. The van der Waals surface area contributed by atoms with Gasteiger partial charge in [0.05, 0.1) is 4.90 Å². The number of nitrogens with zero attached hydrogens (tertiary/aromatic N) is 1. The quantitative estimate of drug-likeness (QED) is 0.872. The molecule has 1 aromatic carbocycles. The van der Waals surface area contributed by atoms with Crippen molar-refractivity contribution in [1.29, 1.82) is 0 Å². The molecule has 2 aliphatic heterocycles. The van der Waals surface area contributed by atoms with Crippen LogP contribution < -0.4 is 10.5 Å². The van der Waals surface area contributed by atoms with E-state index in [0.717, 1.165) is 19.4 Å². The predicted octanol–water partition coefficient (Wildman–Crippen LogP) is 1.05. The third kappa shape index (κ3) is 3.13. The molecule has 2 atom stereocenters. The first-order valence-corrected chi connectivity index (χ1v) is 9.13. The lowest BCUT2D eigenvalue weighted by molar-refractivity contribution is 0.176. The maximum Gasteiger partial charge on any atom is 0.241 e. The number of hydrogen-bond acceptors (Lipinski definition) is 4. The maximum atomic E-state index is 12.6. The Kier molecular flexibility index (Phi) is 4.31. The lowest BCUT2D eigenvalue weighted by Crippen LogP contribution is -2.47. The fourth-order valence-corrected chi connectivity index (χ4v) is 5.08. The molecule has 21 heavy (non-hydrogen) atoms. The summed E-state index contributed by atoms with van der Waals surface area (Å²) in [6.45, 7) is 2.40. The molecule has 3 rings (SSSR count). The largest absolute Gasteiger partial charge is 0.326 e. The van der Waals surface area contributed by atoms with Crippen LogP contribution in [0, 0.1) is 0 Å². The van der Waals surface area contributed by atoms with Crippen molar-refractivity contribution >= 4 is 10.0 Å². The Hall–Kier alpha value is -0.950. The molecule has 6 heteroatoms. The van der Waals surface area contributed by atoms with Crippen molar-refractivity contribution in [2.75, 3.05) is 13.1 Å². The Bertz CT molecular complexity index is 603. The van der Waals surface area contributed by atoms with Crippen molar-refractivity contribution in [3.8, 4) is 0 Å². The monoisotopic (exact) mass is 309 g/mol. The third-order valence-electron chi connectivity index (χ3n) is 4.62. The van der Waals surface area contributed by atoms with Crippen LogP contribution in [0.15, 0.2) is 29.2 Å². The van der Waals surface area contributed by atoms with Crippen LogP contribution in [0.3, 0.4) is 0 Å². The van der Waals surface area contributed by atoms with E-state index < -0.39 is 10.0 Å². The molecule has 0 radical (unpaired) electrons. The molecular formula is C15H23N3O2S. The zero-order valence-corrected chi connectivity index (χ0v) is 13.0. The summed E-state index contributed by atoms with van der Waals surface area (Å²) in [5.74, 6) is 0. The van der Waals surface area contributed by atoms with Crippen molar-refractivity contribution < 1.29 is 8.42 Å². The van der Waals surface area contributed by atoms with Gasteiger partial charge in [0.1, 0.15) is 0 Å². The normalized spacial score (nSPS) is 26.7. The molecule has 0 amide bonds. The minimum Gasteiger partial charge on any atom is -0.326 e. The number of fused-ring (bicyclic) bond motifs is 1. The van der Waals surface area contributed by atoms with Crippen molar-refractivity contribution in [3.63, 3.8) is 0 Å². The van der Waals surface area contributed by atoms with Crippen molar-refractivity contribution in [2.45, 2.75) is 49.2 Å². The molecule has 5 nitrogen and oxygen atoms in total. The van der Waals surface area contributed by atoms with Crippen molar-refractivity contribution in [2.24, 2.45) is 5.73 Å². The molecule has 2 unspecified atom stereocenters. The van der Waals surface area contributed by atoms with Crippen LogP contribution in [0.25, 0.3) is 0 Å². The smallest absolute Gasteiger partial charge is 0.241 e. The second-order valence-electron chi connectivity index (χ2n) is 5.99. The number of nitrogens with two attached hydrogens (primary N) is 1. The highest BCUT2D eigenvalue weighted by atomic mass is 32.2. The summed E-state index contributed by atoms with van der Waals surface area (Å²) in [7, 11) is -3.48. The summed E-state index contributed by atoms with van der Waals surface area (Å²) in [6.07, 6.45) is 4.24. The molecule has 2 saturated heterocycles. The van der Waals surface area contributed by atoms with Crippen LogP contribution in [0.4, 0.5) is 0 Å². The minimum absolute atomic E-state index is 0.0418. The molecule has 0 aromatic heterocycles. The number of rotatable bonds is 4. The van der Waals surface area contributed by atoms with Crippen LogP contribution in [0.5, 0.6) is 0 Å². The average Bonchev–Trinajstić information content (AvgIpc) is 2.94. The molecule has 0 bridgehead atoms. The number of benzene rings is 1. The second-order valence-corrected chi connectivity index (χ2v) is 7.67. The average molecular weight is 309 g/mol. The first-order chi connectivity index (χ1) is 10.1. The van der Waals surface area contributed by atoms with E-state index >= 15 is 0 Å². The molecule has 0 aliphatic carbocycles. The van der Waals surface area contributed by atoms with Gasteiger partial charge in [-0.25, -0.2) is 13.1 Å². The van der Waals surface area contributed by atoms with Gasteiger partial charge >= 0.3 is 0 Å². The number of hydrogen-bond donors (Lipinski definition) is 2. The van der Waals surface area contributed by atoms with Crippen molar-refractivity contribution in [1.82, 2.24) is 9.62 Å². The van der Waals surface area contributed by atoms with Crippen LogP contribution >= 0.6 is 0 Å². The van der Waals surface area contributed by atoms with E-state index in [-0.39, 0.29) is 12.6 Å². The third-order valence-corrected chi connectivity index (χ3v) is 6.25. The molecule has 2 aliphatic rings. The summed E-state index contributed by atoms with van der Waals surface area (Å²) in [5.41, 5.74) is 6.32. The van der Waals surface area contributed by atoms with Gasteiger partial charge in [0.25, 0.3) is 0 Å². The summed E-state index contributed by atoms with van der Waals surface area (Å²) in [5, 5.41) is 0. The molecule has 0 saturated carbocycles. The highest BCUT2D eigenvalue weighted by Crippen LogP contribution is 2.28. The molecular weight excluding hydrogens is 286 g/mol. The van der Waals surface area contributed by atoms with Gasteiger partial charge in [-0.1, -0.05) is 18.2 Å². The van der Waals surface area contributed by atoms with Gasteiger partial charge in [0, 0.05) is 18.6 Å². The van der Waals surface area contributed by atoms with Crippen LogP contribution in [-0.2, 0) is 16.6 Å². The van der Waals surface area contributed by atoms with Gasteiger partial charge in [-0.3, -0.25) is 0 Å². The van der Waals surface area contributed by atoms with Gasteiger partial charge in [-0.05, 0) is 50.4 Å². The van der Waals surface area contributed by atoms with Gasteiger partial charge in [-0.15, -0.1) is 0 Å². The van der Waals surface area contributed by atoms with E-state index in [2.05, 4.69) is 9.62 Å². The summed E-state index contributed by atoms with van der Waals surface area (Å²) >= 11 is 0. The number of sulfonamides is 1. The van der Waals surface area contributed by atoms with Crippen LogP contribution in [0.1, 0.15) is 31.2 Å². The Morgan fingerprint density at radius 3 is 2.86 bits per heavy atom. The van der Waals surface area contributed by atoms with E-state index in [1.165, 1.54) is 19.4 Å². The van der Waals surface area contributed by atoms with Crippen LogP contribution in [0.2, 0.25) is 0 Å². The Morgan fingerprint density at radius 2 is 2.05 bits per heavy atom. The molecule has 3 N–H and O–H groups in total. The van der Waals surface area contributed by atoms with Crippen LogP contribution in [-0.4, -0.2) is 38.5 Å². The second kappa shape index (κ2) is 6.04. The molecule has 2 fully saturated rings. The maximum absolute atomic E-state index is 12.6. The lowest BCUT2D eigenvalue weighted by Gasteiger charge is -2.35. The highest BCUT2D eigenvalue weighted by molar-refractivity contribution is 7.89. The molecule has 116 valence electrons. The Labute approximate surface area is 126 Å². The number of nitrogens with one attached hydrogen (secondary N) is 1. The van der Waals surface area contributed by atoms with Gasteiger partial charge in [0.15, 0.2) is 0 Å². The first-order valence-electron chi connectivity index (χ1n) is 7.64. The molecule has 1 aromatic rings. The summed E-state index contributed by atoms with van der Waals surface area (Å²) in [6, 6.07) is 7.56. The SMILES string of the molecule is NCc1ccccc1S(=O)(=O)NC1CCN2CCCC2C1. The predicted molar refractivity (Wildman–Crippen MR) is 82.3 cm³/mol. The highest BCUT2D eigenvalue weighted by Gasteiger charge is 2.33. The van der Waals surface area contributed by atoms with E-state index in [1.54, 1.807) is 18.2 Å². The topological polar surface area (TPSA) is 75.4 Å². The van der Waals surface area contributed by atoms with E-state index in [0.29, 0.717) is 16.5 Å². The zero-order chi connectivity index (χ0) is 14.9. The van der Waals surface area contributed by atoms with Gasteiger partial charge in [-0.2, -0.15) is 0 Å². The standard InChI is InChI=1S/C15H23N3O2S/c16-11-12-4-1-2-6-15(12)21(19,20)17-13-7-9-18-8-3-5-14(18)10-13/h1-2,4,6,13-14,17H,3,5,7-11,16H2. The number of piperidine rings is 1. The van der Waals surface area contributed by atoms with Gasteiger partial charge < -0.3 is 10.6 Å². The lowest BCUT2D eigenvalue weighted by atomic mass is 9.99. The minimum atomic E-state index is -3.48. The Morgan fingerprint density at radius 1 is 1.24 bits per heavy atom. The molecule has 0 spiro atoms. The fraction of sp³-hybridized carbons (Fsp3) is 0.600. The van der Waals surface area contributed by atoms with E-state index in [1.807, 2.05) is 6.07 Å². The summed E-state index contributed by atoms with van der Waals surface area (Å²) in [4.78, 5) is 2.81. The summed E-state index contributed by atoms with van der Waals surface area (Å²) < 4.78 is 28.1. The Balaban J connectivity index is 1.74. The van der Waals surface area contributed by atoms with E-state index in [9.17, 15) is 8.42 Å². The van der Waals surface area contributed by atoms with E-state index in [4.69, 9.17) is 5.73 Å². The fourth-order valence-electron chi connectivity index (χ4n) is 3.55. The zero-order valence-electron chi connectivity index (χ0n) is 12.2. The van der Waals surface area contributed by atoms with Gasteiger partial charge in [0.2, 0.25) is 10.0 Å².